The number of aryl methyl sites for hydroxylation is 2. The van der Waals surface area contributed by atoms with E-state index in [0.29, 0.717) is 5.69 Å². The Balaban J connectivity index is 1.42. The van der Waals surface area contributed by atoms with Crippen molar-refractivity contribution in [1.82, 2.24) is 9.29 Å². The minimum Gasteiger partial charge on any atom is -0.325 e. The number of amides is 1. The molecule has 0 bridgehead atoms. The van der Waals surface area contributed by atoms with Crippen LogP contribution in [0.1, 0.15) is 16.7 Å². The number of thiazole rings is 1. The highest BCUT2D eigenvalue weighted by atomic mass is 32.2. The predicted octanol–water partition coefficient (Wildman–Crippen LogP) is 4.55. The zero-order chi connectivity index (χ0) is 22.7. The maximum Gasteiger partial charge on any atom is 0.239 e. The summed E-state index contributed by atoms with van der Waals surface area (Å²) >= 11 is 1.63. The van der Waals surface area contributed by atoms with Gasteiger partial charge in [0.1, 0.15) is 5.01 Å². The van der Waals surface area contributed by atoms with Gasteiger partial charge in [-0.15, -0.1) is 11.3 Å². The summed E-state index contributed by atoms with van der Waals surface area (Å²) in [6.45, 7) is 3.91. The van der Waals surface area contributed by atoms with Crippen LogP contribution in [0.5, 0.6) is 0 Å². The monoisotopic (exact) mass is 465 g/mol. The van der Waals surface area contributed by atoms with Crippen LogP contribution in [0.2, 0.25) is 0 Å². The van der Waals surface area contributed by atoms with Gasteiger partial charge in [-0.25, -0.2) is 13.4 Å². The first-order chi connectivity index (χ1) is 15.4. The lowest BCUT2D eigenvalue weighted by molar-refractivity contribution is -0.116. The van der Waals surface area contributed by atoms with E-state index in [2.05, 4.69) is 23.3 Å². The number of hydrogen-bond donors (Lipinski definition) is 2. The van der Waals surface area contributed by atoms with Crippen LogP contribution in [0.3, 0.4) is 0 Å². The molecule has 3 aromatic carbocycles. The molecule has 8 heteroatoms. The van der Waals surface area contributed by atoms with Gasteiger partial charge in [-0.2, -0.15) is 4.31 Å². The summed E-state index contributed by atoms with van der Waals surface area (Å²) in [6.07, 6.45) is 0. The molecular formula is C24H23N3O3S2. The summed E-state index contributed by atoms with van der Waals surface area (Å²) in [5, 5.41) is 3.69. The van der Waals surface area contributed by atoms with Crippen molar-refractivity contribution in [3.63, 3.8) is 0 Å². The maximum atomic E-state index is 12.5. The maximum absolute atomic E-state index is 12.5. The third-order valence-corrected chi connectivity index (χ3v) is 6.78. The number of aromatic nitrogens is 1. The molecule has 0 spiro atoms. The van der Waals surface area contributed by atoms with Crippen LogP contribution in [-0.2, 0) is 22.2 Å². The molecule has 4 rings (SSSR count). The first-order valence-electron chi connectivity index (χ1n) is 10.1. The molecule has 0 unspecified atom stereocenters. The molecule has 0 aliphatic heterocycles. The second-order valence-electron chi connectivity index (χ2n) is 7.67. The smallest absolute Gasteiger partial charge is 0.239 e. The number of benzene rings is 3. The molecule has 0 saturated heterocycles. The van der Waals surface area contributed by atoms with Gasteiger partial charge in [-0.05, 0) is 61.4 Å². The first-order valence-corrected chi connectivity index (χ1v) is 12.0. The van der Waals surface area contributed by atoms with Crippen molar-refractivity contribution in [3.05, 3.63) is 83.4 Å². The van der Waals surface area contributed by atoms with Crippen LogP contribution in [0.15, 0.2) is 66.7 Å². The van der Waals surface area contributed by atoms with Crippen LogP contribution < -0.4 is 5.32 Å². The minimum absolute atomic E-state index is 0.157. The van der Waals surface area contributed by atoms with Crippen molar-refractivity contribution in [2.75, 3.05) is 11.9 Å². The molecule has 0 aliphatic rings. The van der Waals surface area contributed by atoms with Crippen molar-refractivity contribution in [3.8, 4) is 10.6 Å². The molecule has 0 atom stereocenters. The molecule has 0 aliphatic carbocycles. The Bertz CT molecular complexity index is 1340. The van der Waals surface area contributed by atoms with Gasteiger partial charge in [0, 0.05) is 17.8 Å². The Hall–Kier alpha value is -3.07. The van der Waals surface area contributed by atoms with E-state index in [0.717, 1.165) is 36.2 Å². The summed E-state index contributed by atoms with van der Waals surface area (Å²) in [7, 11) is -2.89. The van der Waals surface area contributed by atoms with E-state index in [1.54, 1.807) is 23.5 Å². The highest BCUT2D eigenvalue weighted by molar-refractivity contribution is 7.69. The van der Waals surface area contributed by atoms with Crippen LogP contribution >= 0.6 is 11.3 Å². The van der Waals surface area contributed by atoms with E-state index in [4.69, 9.17) is 0 Å². The summed E-state index contributed by atoms with van der Waals surface area (Å²) in [6, 6.07) is 21.1. The van der Waals surface area contributed by atoms with Gasteiger partial charge in [-0.3, -0.25) is 4.79 Å². The predicted molar refractivity (Wildman–Crippen MR) is 130 cm³/mol. The number of hydrogen-bond acceptors (Lipinski definition) is 5. The number of anilines is 1. The highest BCUT2D eigenvalue weighted by Gasteiger charge is 2.14. The molecule has 1 amide bonds. The number of nitrogens with one attached hydrogen (secondary N) is 1. The SMILES string of the molecule is Cc1cccc(CN(CC(=O)Nc2ccc(-c3nc4ccc(C)cc4s3)cc2)[SH](=O)=O)c1. The number of rotatable bonds is 7. The number of carbonyl (C=O) groups is 1. The average molecular weight is 466 g/mol. The molecule has 1 aromatic heterocycles. The molecular weight excluding hydrogens is 442 g/mol. The molecule has 32 heavy (non-hydrogen) atoms. The fourth-order valence-electron chi connectivity index (χ4n) is 3.41. The van der Waals surface area contributed by atoms with Gasteiger partial charge in [0.25, 0.3) is 0 Å². The second-order valence-corrected chi connectivity index (χ2v) is 9.74. The summed E-state index contributed by atoms with van der Waals surface area (Å²) < 4.78 is 25.6. The quantitative estimate of drug-likeness (QED) is 0.393. The van der Waals surface area contributed by atoms with Gasteiger partial charge in [0.05, 0.1) is 16.8 Å². The Morgan fingerprint density at radius 3 is 2.47 bits per heavy atom. The molecule has 1 heterocycles. The van der Waals surface area contributed by atoms with Crippen LogP contribution in [0.25, 0.3) is 20.8 Å². The lowest BCUT2D eigenvalue weighted by Crippen LogP contribution is -2.31. The van der Waals surface area contributed by atoms with Gasteiger partial charge in [-0.1, -0.05) is 35.9 Å². The van der Waals surface area contributed by atoms with Crippen molar-refractivity contribution in [2.45, 2.75) is 20.4 Å². The summed E-state index contributed by atoms with van der Waals surface area (Å²) in [5.41, 5.74) is 5.61. The minimum atomic E-state index is -2.89. The largest absolute Gasteiger partial charge is 0.325 e. The fourth-order valence-corrected chi connectivity index (χ4v) is 5.00. The van der Waals surface area contributed by atoms with Crippen molar-refractivity contribution < 1.29 is 13.2 Å². The van der Waals surface area contributed by atoms with E-state index in [1.807, 2.05) is 55.5 Å². The molecule has 0 fully saturated rings. The summed E-state index contributed by atoms with van der Waals surface area (Å²) in [5.74, 6) is -0.389. The number of nitrogens with zero attached hydrogens (tertiary/aromatic N) is 2. The van der Waals surface area contributed by atoms with Crippen molar-refractivity contribution in [2.24, 2.45) is 0 Å². The van der Waals surface area contributed by atoms with E-state index >= 15 is 0 Å². The van der Waals surface area contributed by atoms with Gasteiger partial charge >= 0.3 is 0 Å². The lowest BCUT2D eigenvalue weighted by Gasteiger charge is -2.15. The summed E-state index contributed by atoms with van der Waals surface area (Å²) in [4.78, 5) is 17.1. The van der Waals surface area contributed by atoms with Crippen LogP contribution in [0.4, 0.5) is 5.69 Å². The standard InChI is InChI=1S/C24H23N3O3S2/c1-16-4-3-5-18(12-16)14-27(32(29)30)15-23(28)25-20-9-7-19(8-10-20)24-26-21-11-6-17(2)13-22(21)31-24/h3-13,32H,14-15H2,1-2H3,(H,25,28). The number of thiol groups is 1. The van der Waals surface area contributed by atoms with Crippen molar-refractivity contribution in [1.29, 1.82) is 0 Å². The molecule has 164 valence electrons. The van der Waals surface area contributed by atoms with Gasteiger partial charge < -0.3 is 5.32 Å². The van der Waals surface area contributed by atoms with E-state index in [9.17, 15) is 13.2 Å². The second kappa shape index (κ2) is 9.60. The van der Waals surface area contributed by atoms with E-state index < -0.39 is 10.9 Å². The Morgan fingerprint density at radius 2 is 1.75 bits per heavy atom. The number of fused-ring (bicyclic) bond motifs is 1. The molecule has 0 radical (unpaired) electrons. The lowest BCUT2D eigenvalue weighted by atomic mass is 10.1. The molecule has 0 saturated carbocycles. The van der Waals surface area contributed by atoms with E-state index in [1.165, 1.54) is 5.56 Å². The van der Waals surface area contributed by atoms with Crippen LogP contribution in [-0.4, -0.2) is 30.2 Å². The highest BCUT2D eigenvalue weighted by Crippen LogP contribution is 2.31. The average Bonchev–Trinajstić information content (AvgIpc) is 3.17. The molecule has 1 N–H and O–H groups in total. The Labute approximate surface area is 192 Å². The van der Waals surface area contributed by atoms with E-state index in [-0.39, 0.29) is 19.0 Å². The third kappa shape index (κ3) is 5.40. The Kier molecular flexibility index (Phi) is 6.64. The zero-order valence-corrected chi connectivity index (χ0v) is 19.5. The van der Waals surface area contributed by atoms with Crippen LogP contribution in [0, 0.1) is 13.8 Å². The van der Waals surface area contributed by atoms with Gasteiger partial charge in [0.15, 0.2) is 0 Å². The molecule has 6 nitrogen and oxygen atoms in total. The number of carbonyl (C=O) groups excluding carboxylic acids is 1. The van der Waals surface area contributed by atoms with Crippen molar-refractivity contribution >= 4 is 44.0 Å². The molecule has 4 aromatic rings. The normalized spacial score (nSPS) is 11.4. The zero-order valence-electron chi connectivity index (χ0n) is 17.7. The first kappa shape index (κ1) is 22.1. The van der Waals surface area contributed by atoms with Gasteiger partial charge in [0.2, 0.25) is 16.8 Å². The topological polar surface area (TPSA) is 79.4 Å². The fraction of sp³-hybridized carbons (Fsp3) is 0.167. The Morgan fingerprint density at radius 1 is 1.00 bits per heavy atom. The third-order valence-electron chi connectivity index (χ3n) is 4.96.